The smallest absolute Gasteiger partial charge is 0.267 e. The Morgan fingerprint density at radius 2 is 1.96 bits per heavy atom. The number of hydrogen-bond donors (Lipinski definition) is 1. The minimum absolute atomic E-state index is 0.193. The van der Waals surface area contributed by atoms with Crippen molar-refractivity contribution >= 4 is 22.7 Å². The Hall–Kier alpha value is -2.96. The second-order valence-electron chi connectivity index (χ2n) is 6.20. The number of nitrogens with zero attached hydrogens (tertiary/aromatic N) is 3. The van der Waals surface area contributed by atoms with E-state index in [1.54, 1.807) is 20.8 Å². The number of aromatic nitrogens is 3. The number of carbonyl (C=O) groups excluding carboxylic acids is 1. The number of carbonyl (C=O) groups is 1. The van der Waals surface area contributed by atoms with Gasteiger partial charge in [0.1, 0.15) is 17.3 Å². The maximum atomic E-state index is 12.8. The molecule has 7 nitrogen and oxygen atoms in total. The number of amides is 1. The highest BCUT2D eigenvalue weighted by molar-refractivity contribution is 5.94. The molecule has 1 aromatic carbocycles. The van der Waals surface area contributed by atoms with Crippen molar-refractivity contribution in [3.05, 3.63) is 51.2 Å². The molecule has 0 unspecified atom stereocenters. The van der Waals surface area contributed by atoms with Crippen LogP contribution in [-0.2, 0) is 4.79 Å². The van der Waals surface area contributed by atoms with Crippen LogP contribution < -0.4 is 10.9 Å². The summed E-state index contributed by atoms with van der Waals surface area (Å²) in [7, 11) is 0. The van der Waals surface area contributed by atoms with Crippen LogP contribution in [0.4, 0.5) is 5.69 Å². The van der Waals surface area contributed by atoms with Crippen LogP contribution in [0.25, 0.3) is 11.1 Å². The third-order valence-electron chi connectivity index (χ3n) is 4.52. The Morgan fingerprint density at radius 3 is 2.68 bits per heavy atom. The van der Waals surface area contributed by atoms with Gasteiger partial charge in [-0.2, -0.15) is 4.98 Å². The van der Waals surface area contributed by atoms with Gasteiger partial charge in [0.25, 0.3) is 11.3 Å². The van der Waals surface area contributed by atoms with Crippen molar-refractivity contribution < 1.29 is 9.32 Å². The summed E-state index contributed by atoms with van der Waals surface area (Å²) in [5.41, 5.74) is 3.14. The van der Waals surface area contributed by atoms with Crippen LogP contribution in [0.2, 0.25) is 0 Å². The van der Waals surface area contributed by atoms with Crippen molar-refractivity contribution in [2.24, 2.45) is 0 Å². The molecule has 7 heteroatoms. The maximum absolute atomic E-state index is 12.8. The number of nitrogens with one attached hydrogen (secondary N) is 1. The Morgan fingerprint density at radius 1 is 1.24 bits per heavy atom. The van der Waals surface area contributed by atoms with Crippen LogP contribution in [0.5, 0.6) is 0 Å². The zero-order valence-corrected chi connectivity index (χ0v) is 14.9. The number of anilines is 1. The first kappa shape index (κ1) is 16.9. The second kappa shape index (κ2) is 6.16. The molecule has 2 heterocycles. The van der Waals surface area contributed by atoms with E-state index in [-0.39, 0.29) is 17.2 Å². The van der Waals surface area contributed by atoms with Crippen molar-refractivity contribution in [1.82, 2.24) is 14.7 Å². The summed E-state index contributed by atoms with van der Waals surface area (Å²) in [6.07, 6.45) is 0. The first-order valence-corrected chi connectivity index (χ1v) is 8.03. The predicted molar refractivity (Wildman–Crippen MR) is 94.8 cm³/mol. The lowest BCUT2D eigenvalue weighted by Gasteiger charge is -2.18. The van der Waals surface area contributed by atoms with Gasteiger partial charge in [-0.15, -0.1) is 0 Å². The summed E-state index contributed by atoms with van der Waals surface area (Å²) in [6, 6.07) is 4.98. The molecule has 0 saturated carbocycles. The summed E-state index contributed by atoms with van der Waals surface area (Å²) in [5.74, 6) is 0.117. The van der Waals surface area contributed by atoms with Crippen molar-refractivity contribution in [2.75, 3.05) is 5.32 Å². The van der Waals surface area contributed by atoms with Gasteiger partial charge in [0.2, 0.25) is 5.91 Å². The summed E-state index contributed by atoms with van der Waals surface area (Å²) >= 11 is 0. The molecular weight excluding hydrogens is 320 g/mol. The highest BCUT2D eigenvalue weighted by atomic mass is 16.5. The van der Waals surface area contributed by atoms with Gasteiger partial charge in [-0.1, -0.05) is 17.3 Å². The molecule has 1 atom stereocenters. The molecule has 0 aliphatic carbocycles. The number of fused-ring (bicyclic) bond motifs is 1. The van der Waals surface area contributed by atoms with Crippen LogP contribution in [0, 0.1) is 27.7 Å². The van der Waals surface area contributed by atoms with Gasteiger partial charge < -0.3 is 9.84 Å². The third-order valence-corrected chi connectivity index (χ3v) is 4.52. The maximum Gasteiger partial charge on any atom is 0.267 e. The van der Waals surface area contributed by atoms with Crippen LogP contribution in [0.1, 0.15) is 35.6 Å². The fourth-order valence-electron chi connectivity index (χ4n) is 2.85. The molecule has 0 aliphatic heterocycles. The van der Waals surface area contributed by atoms with Crippen molar-refractivity contribution in [2.45, 2.75) is 40.7 Å². The highest BCUT2D eigenvalue weighted by Gasteiger charge is 2.23. The van der Waals surface area contributed by atoms with Crippen LogP contribution in [-0.4, -0.2) is 20.6 Å². The SMILES string of the molecule is Cc1cccc(NC(=O)[C@H](C)n2c(C)nc3onc(C)c3c2=O)c1C. The third kappa shape index (κ3) is 2.82. The van der Waals surface area contributed by atoms with E-state index in [0.717, 1.165) is 16.8 Å². The Labute approximate surface area is 144 Å². The van der Waals surface area contributed by atoms with E-state index >= 15 is 0 Å². The number of benzene rings is 1. The average Bonchev–Trinajstić information content (AvgIpc) is 2.92. The largest absolute Gasteiger partial charge is 0.335 e. The minimum Gasteiger partial charge on any atom is -0.335 e. The van der Waals surface area contributed by atoms with Crippen molar-refractivity contribution in [3.63, 3.8) is 0 Å². The highest BCUT2D eigenvalue weighted by Crippen LogP contribution is 2.20. The Balaban J connectivity index is 2.00. The molecule has 0 bridgehead atoms. The van der Waals surface area contributed by atoms with E-state index in [0.29, 0.717) is 16.9 Å². The topological polar surface area (TPSA) is 90.0 Å². The van der Waals surface area contributed by atoms with Gasteiger partial charge in [-0.25, -0.2) is 0 Å². The van der Waals surface area contributed by atoms with E-state index in [4.69, 9.17) is 4.52 Å². The molecule has 2 aromatic heterocycles. The fraction of sp³-hybridized carbons (Fsp3) is 0.333. The second-order valence-corrected chi connectivity index (χ2v) is 6.20. The molecule has 0 saturated heterocycles. The molecule has 25 heavy (non-hydrogen) atoms. The van der Waals surface area contributed by atoms with Gasteiger partial charge >= 0.3 is 0 Å². The van der Waals surface area contributed by atoms with Gasteiger partial charge in [-0.3, -0.25) is 14.2 Å². The molecule has 1 N–H and O–H groups in total. The molecule has 1 amide bonds. The lowest BCUT2D eigenvalue weighted by molar-refractivity contribution is -0.118. The number of aryl methyl sites for hydroxylation is 3. The van der Waals surface area contributed by atoms with E-state index in [2.05, 4.69) is 15.5 Å². The zero-order valence-electron chi connectivity index (χ0n) is 14.9. The standard InChI is InChI=1S/C18H20N4O3/c1-9-7-6-8-14(10(9)2)20-16(23)12(4)22-13(5)19-17-15(18(22)24)11(3)21-25-17/h6-8,12H,1-5H3,(H,20,23)/t12-/m0/s1. The Kier molecular flexibility index (Phi) is 4.16. The first-order chi connectivity index (χ1) is 11.8. The van der Waals surface area contributed by atoms with Gasteiger partial charge in [0, 0.05) is 5.69 Å². The number of hydrogen-bond acceptors (Lipinski definition) is 5. The lowest BCUT2D eigenvalue weighted by Crippen LogP contribution is -2.34. The molecule has 0 aliphatic rings. The van der Waals surface area contributed by atoms with E-state index in [9.17, 15) is 9.59 Å². The quantitative estimate of drug-likeness (QED) is 0.792. The van der Waals surface area contributed by atoms with Gasteiger partial charge in [0.05, 0.1) is 5.69 Å². The monoisotopic (exact) mass is 340 g/mol. The lowest BCUT2D eigenvalue weighted by atomic mass is 10.1. The minimum atomic E-state index is -0.724. The van der Waals surface area contributed by atoms with Gasteiger partial charge in [0.15, 0.2) is 0 Å². The summed E-state index contributed by atoms with van der Waals surface area (Å²) in [4.78, 5) is 29.7. The van der Waals surface area contributed by atoms with Crippen LogP contribution >= 0.6 is 0 Å². The summed E-state index contributed by atoms with van der Waals surface area (Å²) < 4.78 is 6.42. The van der Waals surface area contributed by atoms with E-state index in [1.807, 2.05) is 32.0 Å². The molecule has 3 aromatic rings. The normalized spacial score (nSPS) is 12.4. The fourth-order valence-corrected chi connectivity index (χ4v) is 2.85. The van der Waals surface area contributed by atoms with Crippen molar-refractivity contribution in [3.8, 4) is 0 Å². The zero-order chi connectivity index (χ0) is 18.3. The Bertz CT molecular complexity index is 1030. The molecule has 3 rings (SSSR count). The molecule has 0 spiro atoms. The molecule has 0 fully saturated rings. The number of rotatable bonds is 3. The molecule has 130 valence electrons. The van der Waals surface area contributed by atoms with Crippen LogP contribution in [0.3, 0.4) is 0 Å². The van der Waals surface area contributed by atoms with E-state index in [1.165, 1.54) is 4.57 Å². The summed E-state index contributed by atoms with van der Waals surface area (Å²) in [6.45, 7) is 8.94. The average molecular weight is 340 g/mol. The van der Waals surface area contributed by atoms with Crippen LogP contribution in [0.15, 0.2) is 27.5 Å². The van der Waals surface area contributed by atoms with Gasteiger partial charge in [-0.05, 0) is 51.8 Å². The first-order valence-electron chi connectivity index (χ1n) is 8.03. The molecule has 0 radical (unpaired) electrons. The summed E-state index contributed by atoms with van der Waals surface area (Å²) in [5, 5.41) is 6.98. The molecular formula is C18H20N4O3. The van der Waals surface area contributed by atoms with Crippen molar-refractivity contribution in [1.29, 1.82) is 0 Å². The van der Waals surface area contributed by atoms with E-state index < -0.39 is 6.04 Å². The predicted octanol–water partition coefficient (Wildman–Crippen LogP) is 2.82.